The number of aromatic hydroxyl groups is 1. The molecule has 0 aromatic heterocycles. The molecule has 2 rings (SSSR count). The highest BCUT2D eigenvalue weighted by Gasteiger charge is 2.22. The summed E-state index contributed by atoms with van der Waals surface area (Å²) in [7, 11) is 1.61. The van der Waals surface area contributed by atoms with Gasteiger partial charge >= 0.3 is 0 Å². The Hall–Kier alpha value is -1.26. The van der Waals surface area contributed by atoms with E-state index in [-0.39, 0.29) is 6.04 Å². The maximum Gasteiger partial charge on any atom is 0.124 e. The largest absolute Gasteiger partial charge is 0.507 e. The number of hydrogen-bond donors (Lipinski definition) is 2. The maximum atomic E-state index is 10.1. The van der Waals surface area contributed by atoms with Crippen LogP contribution in [-0.4, -0.2) is 43.3 Å². The number of phenols is 1. The van der Waals surface area contributed by atoms with Gasteiger partial charge in [-0.2, -0.15) is 0 Å². The average molecular weight is 250 g/mol. The lowest BCUT2D eigenvalue weighted by molar-refractivity contribution is 0.167. The number of nitrogens with zero attached hydrogens (tertiary/aromatic N) is 1. The lowest BCUT2D eigenvalue weighted by Crippen LogP contribution is -2.45. The molecule has 1 aromatic carbocycles. The molecule has 0 unspecified atom stereocenters. The smallest absolute Gasteiger partial charge is 0.124 e. The van der Waals surface area contributed by atoms with Crippen LogP contribution in [0.1, 0.15) is 24.9 Å². The number of ether oxygens (including phenoxy) is 1. The van der Waals surface area contributed by atoms with Gasteiger partial charge in [0.05, 0.1) is 7.11 Å². The number of phenolic OH excluding ortho intramolecular Hbond substituents is 1. The standard InChI is InChI=1S/C14H22N2O2/c1-3-13(16-8-6-15-7-9-16)12-5-4-11(18-2)10-14(12)17/h4-5,10,13,15,17H,3,6-9H2,1-2H3/t13-/m1/s1. The minimum atomic E-state index is 0.290. The first-order valence-electron chi connectivity index (χ1n) is 6.58. The van der Waals surface area contributed by atoms with Crippen LogP contribution in [-0.2, 0) is 0 Å². The molecule has 0 bridgehead atoms. The zero-order valence-electron chi connectivity index (χ0n) is 11.1. The molecule has 0 amide bonds. The zero-order chi connectivity index (χ0) is 13.0. The Balaban J connectivity index is 2.20. The van der Waals surface area contributed by atoms with Crippen molar-refractivity contribution in [2.75, 3.05) is 33.3 Å². The fourth-order valence-corrected chi connectivity index (χ4v) is 2.60. The van der Waals surface area contributed by atoms with Gasteiger partial charge in [0.2, 0.25) is 0 Å². The molecule has 1 saturated heterocycles. The zero-order valence-corrected chi connectivity index (χ0v) is 11.1. The molecule has 1 atom stereocenters. The summed E-state index contributed by atoms with van der Waals surface area (Å²) in [6.07, 6.45) is 1.000. The van der Waals surface area contributed by atoms with Crippen LogP contribution in [0.25, 0.3) is 0 Å². The molecule has 0 radical (unpaired) electrons. The van der Waals surface area contributed by atoms with Crippen LogP contribution >= 0.6 is 0 Å². The van der Waals surface area contributed by atoms with Gasteiger partial charge in [-0.05, 0) is 12.5 Å². The van der Waals surface area contributed by atoms with Crippen molar-refractivity contribution in [1.82, 2.24) is 10.2 Å². The molecule has 0 spiro atoms. The van der Waals surface area contributed by atoms with Crippen molar-refractivity contribution < 1.29 is 9.84 Å². The summed E-state index contributed by atoms with van der Waals surface area (Å²) in [6.45, 7) is 6.27. The molecule has 18 heavy (non-hydrogen) atoms. The molecule has 4 nitrogen and oxygen atoms in total. The third-order valence-electron chi connectivity index (χ3n) is 3.58. The summed E-state index contributed by atoms with van der Waals surface area (Å²) in [5.74, 6) is 1.03. The van der Waals surface area contributed by atoms with Crippen molar-refractivity contribution in [2.24, 2.45) is 0 Å². The van der Waals surface area contributed by atoms with E-state index in [1.54, 1.807) is 13.2 Å². The van der Waals surface area contributed by atoms with Gasteiger partial charge in [-0.3, -0.25) is 4.90 Å². The molecular weight excluding hydrogens is 228 g/mol. The maximum absolute atomic E-state index is 10.1. The number of benzene rings is 1. The summed E-state index contributed by atoms with van der Waals surface area (Å²) < 4.78 is 5.13. The summed E-state index contributed by atoms with van der Waals surface area (Å²) >= 11 is 0. The van der Waals surface area contributed by atoms with E-state index in [2.05, 4.69) is 17.1 Å². The quantitative estimate of drug-likeness (QED) is 0.854. The van der Waals surface area contributed by atoms with Crippen LogP contribution in [0.4, 0.5) is 0 Å². The topological polar surface area (TPSA) is 44.7 Å². The number of methoxy groups -OCH3 is 1. The van der Waals surface area contributed by atoms with Crippen molar-refractivity contribution >= 4 is 0 Å². The van der Waals surface area contributed by atoms with Crippen molar-refractivity contribution in [2.45, 2.75) is 19.4 Å². The van der Waals surface area contributed by atoms with E-state index < -0.39 is 0 Å². The van der Waals surface area contributed by atoms with E-state index in [0.717, 1.165) is 38.2 Å². The summed E-state index contributed by atoms with van der Waals surface area (Å²) in [5, 5.41) is 13.5. The van der Waals surface area contributed by atoms with E-state index in [4.69, 9.17) is 4.74 Å². The molecule has 0 saturated carbocycles. The highest BCUT2D eigenvalue weighted by Crippen LogP contribution is 2.33. The molecule has 4 heteroatoms. The lowest BCUT2D eigenvalue weighted by Gasteiger charge is -2.35. The SMILES string of the molecule is CC[C@H](c1ccc(OC)cc1O)N1CCNCC1. The highest BCUT2D eigenvalue weighted by molar-refractivity contribution is 5.41. The number of nitrogens with one attached hydrogen (secondary N) is 1. The van der Waals surface area contributed by atoms with E-state index >= 15 is 0 Å². The molecule has 1 heterocycles. The Labute approximate surface area is 109 Å². The second kappa shape index (κ2) is 6.07. The minimum absolute atomic E-state index is 0.290. The first-order valence-corrected chi connectivity index (χ1v) is 6.58. The summed E-state index contributed by atoms with van der Waals surface area (Å²) in [4.78, 5) is 2.43. The molecule has 100 valence electrons. The van der Waals surface area contributed by atoms with Crippen LogP contribution in [0.2, 0.25) is 0 Å². The Bertz CT molecular complexity index is 389. The van der Waals surface area contributed by atoms with Crippen molar-refractivity contribution in [1.29, 1.82) is 0 Å². The van der Waals surface area contributed by atoms with Gasteiger partial charge < -0.3 is 15.2 Å². The van der Waals surface area contributed by atoms with Crippen LogP contribution in [0.3, 0.4) is 0 Å². The summed E-state index contributed by atoms with van der Waals surface area (Å²) in [5.41, 5.74) is 1.00. The fraction of sp³-hybridized carbons (Fsp3) is 0.571. The second-order valence-corrected chi connectivity index (χ2v) is 4.63. The van der Waals surface area contributed by atoms with Gasteiger partial charge in [0.15, 0.2) is 0 Å². The second-order valence-electron chi connectivity index (χ2n) is 4.63. The van der Waals surface area contributed by atoms with Gasteiger partial charge in [0, 0.05) is 43.9 Å². The predicted octanol–water partition coefficient (Wildman–Crippen LogP) is 1.76. The Morgan fingerprint density at radius 3 is 2.67 bits per heavy atom. The third kappa shape index (κ3) is 2.76. The highest BCUT2D eigenvalue weighted by atomic mass is 16.5. The molecular formula is C14H22N2O2. The van der Waals surface area contributed by atoms with E-state index in [0.29, 0.717) is 11.5 Å². The first kappa shape index (κ1) is 13.2. The van der Waals surface area contributed by atoms with Crippen LogP contribution in [0.5, 0.6) is 11.5 Å². The van der Waals surface area contributed by atoms with E-state index in [1.807, 2.05) is 12.1 Å². The number of rotatable bonds is 4. The molecule has 2 N–H and O–H groups in total. The Morgan fingerprint density at radius 2 is 2.11 bits per heavy atom. The monoisotopic (exact) mass is 250 g/mol. The average Bonchev–Trinajstić information content (AvgIpc) is 2.42. The predicted molar refractivity (Wildman–Crippen MR) is 72.1 cm³/mol. The fourth-order valence-electron chi connectivity index (χ4n) is 2.60. The van der Waals surface area contributed by atoms with Crippen molar-refractivity contribution in [3.8, 4) is 11.5 Å². The van der Waals surface area contributed by atoms with E-state index in [1.165, 1.54) is 0 Å². The molecule has 1 aliphatic heterocycles. The van der Waals surface area contributed by atoms with Crippen LogP contribution in [0.15, 0.2) is 18.2 Å². The van der Waals surface area contributed by atoms with E-state index in [9.17, 15) is 5.11 Å². The van der Waals surface area contributed by atoms with Gasteiger partial charge in [-0.25, -0.2) is 0 Å². The van der Waals surface area contributed by atoms with Crippen LogP contribution < -0.4 is 10.1 Å². The minimum Gasteiger partial charge on any atom is -0.507 e. The first-order chi connectivity index (χ1) is 8.76. The third-order valence-corrected chi connectivity index (χ3v) is 3.58. The molecule has 1 aliphatic rings. The molecule has 1 aromatic rings. The van der Waals surface area contributed by atoms with Crippen LogP contribution in [0, 0.1) is 0 Å². The van der Waals surface area contributed by atoms with Gasteiger partial charge in [-0.1, -0.05) is 13.0 Å². The van der Waals surface area contributed by atoms with Gasteiger partial charge in [0.1, 0.15) is 11.5 Å². The summed E-state index contributed by atoms with van der Waals surface area (Å²) in [6, 6.07) is 5.88. The van der Waals surface area contributed by atoms with Crippen molar-refractivity contribution in [3.63, 3.8) is 0 Å². The van der Waals surface area contributed by atoms with Gasteiger partial charge in [-0.15, -0.1) is 0 Å². The molecule has 0 aliphatic carbocycles. The number of piperazine rings is 1. The molecule has 1 fully saturated rings. The van der Waals surface area contributed by atoms with Crippen molar-refractivity contribution in [3.05, 3.63) is 23.8 Å². The Morgan fingerprint density at radius 1 is 1.39 bits per heavy atom. The van der Waals surface area contributed by atoms with Gasteiger partial charge in [0.25, 0.3) is 0 Å². The Kier molecular flexibility index (Phi) is 4.44. The normalized spacial score (nSPS) is 18.6. The lowest BCUT2D eigenvalue weighted by atomic mass is 10.0. The number of hydrogen-bond acceptors (Lipinski definition) is 4.